The minimum atomic E-state index is 1.25. The van der Waals surface area contributed by atoms with Gasteiger partial charge in [-0.3, -0.25) is 0 Å². The lowest BCUT2D eigenvalue weighted by molar-refractivity contribution is 1.01. The van der Waals surface area contributed by atoms with Gasteiger partial charge in [-0.2, -0.15) is 0 Å². The predicted octanol–water partition coefficient (Wildman–Crippen LogP) is 7.35. The summed E-state index contributed by atoms with van der Waals surface area (Å²) in [5.41, 5.74) is 10.3. The lowest BCUT2D eigenvalue weighted by atomic mass is 10.0. The van der Waals surface area contributed by atoms with Crippen molar-refractivity contribution in [1.29, 1.82) is 0 Å². The van der Waals surface area contributed by atoms with Crippen LogP contribution in [0.25, 0.3) is 49.3 Å². The minimum Gasteiger partial charge on any atom is -0.344 e. The summed E-state index contributed by atoms with van der Waals surface area (Å²) in [6.45, 7) is 6.64. The van der Waals surface area contributed by atoms with E-state index in [1.807, 2.05) is 0 Å². The van der Waals surface area contributed by atoms with E-state index in [1.165, 1.54) is 66.0 Å². The van der Waals surface area contributed by atoms with Crippen LogP contribution in [0.4, 0.5) is 0 Å². The number of fused-ring (bicyclic) bond motifs is 7. The summed E-state index contributed by atoms with van der Waals surface area (Å²) in [5.74, 6) is 0. The van der Waals surface area contributed by atoms with Crippen LogP contribution in [0.1, 0.15) is 16.7 Å². The number of nitrogens with zero attached hydrogens (tertiary/aromatic N) is 2. The summed E-state index contributed by atoms with van der Waals surface area (Å²) in [5, 5.41) is 5.30. The largest absolute Gasteiger partial charge is 0.344 e. The minimum absolute atomic E-state index is 1.25. The molecular formula is C28H24N2. The molecule has 0 spiro atoms. The highest BCUT2D eigenvalue weighted by Crippen LogP contribution is 2.42. The van der Waals surface area contributed by atoms with Gasteiger partial charge in [0.2, 0.25) is 0 Å². The van der Waals surface area contributed by atoms with Crippen LogP contribution in [-0.2, 0) is 7.05 Å². The van der Waals surface area contributed by atoms with Gasteiger partial charge in [0.05, 0.1) is 16.6 Å². The molecule has 2 heteroatoms. The van der Waals surface area contributed by atoms with Crippen molar-refractivity contribution in [1.82, 2.24) is 9.13 Å². The molecule has 4 aromatic carbocycles. The zero-order chi connectivity index (χ0) is 20.6. The zero-order valence-corrected chi connectivity index (χ0v) is 17.8. The third kappa shape index (κ3) is 2.14. The molecule has 0 saturated heterocycles. The van der Waals surface area contributed by atoms with Crippen molar-refractivity contribution in [3.05, 3.63) is 89.5 Å². The van der Waals surface area contributed by atoms with Gasteiger partial charge >= 0.3 is 0 Å². The molecule has 0 saturated carbocycles. The molecule has 2 aromatic heterocycles. The number of para-hydroxylation sites is 2. The number of aryl methyl sites for hydroxylation is 4. The molecular weight excluding hydrogens is 364 g/mol. The van der Waals surface area contributed by atoms with E-state index in [0.717, 1.165) is 0 Å². The molecule has 146 valence electrons. The van der Waals surface area contributed by atoms with Crippen LogP contribution in [0.15, 0.2) is 72.8 Å². The van der Waals surface area contributed by atoms with Gasteiger partial charge in [0, 0.05) is 39.8 Å². The Balaban J connectivity index is 1.99. The number of hydrogen-bond acceptors (Lipinski definition) is 0. The van der Waals surface area contributed by atoms with Crippen LogP contribution in [-0.4, -0.2) is 9.13 Å². The summed E-state index contributed by atoms with van der Waals surface area (Å²) in [6, 6.07) is 26.7. The van der Waals surface area contributed by atoms with E-state index in [4.69, 9.17) is 0 Å². The van der Waals surface area contributed by atoms with Gasteiger partial charge in [-0.05, 0) is 56.2 Å². The Hall–Kier alpha value is -3.52. The summed E-state index contributed by atoms with van der Waals surface area (Å²) in [4.78, 5) is 0. The molecule has 0 unspecified atom stereocenters. The van der Waals surface area contributed by atoms with Crippen molar-refractivity contribution in [3.8, 4) is 5.69 Å². The summed E-state index contributed by atoms with van der Waals surface area (Å²) < 4.78 is 4.83. The van der Waals surface area contributed by atoms with Crippen molar-refractivity contribution >= 4 is 43.6 Å². The van der Waals surface area contributed by atoms with E-state index in [2.05, 4.69) is 110 Å². The topological polar surface area (TPSA) is 9.86 Å². The number of hydrogen-bond donors (Lipinski definition) is 0. The number of benzene rings is 4. The second kappa shape index (κ2) is 5.99. The second-order valence-electron chi connectivity index (χ2n) is 8.53. The van der Waals surface area contributed by atoms with E-state index in [1.54, 1.807) is 0 Å². The highest BCUT2D eigenvalue weighted by atomic mass is 15.0. The number of rotatable bonds is 1. The first-order chi connectivity index (χ1) is 14.6. The highest BCUT2D eigenvalue weighted by molar-refractivity contribution is 6.26. The predicted molar refractivity (Wildman–Crippen MR) is 129 cm³/mol. The van der Waals surface area contributed by atoms with Crippen molar-refractivity contribution < 1.29 is 0 Å². The summed E-state index contributed by atoms with van der Waals surface area (Å²) in [6.07, 6.45) is 0. The third-order valence-electron chi connectivity index (χ3n) is 6.59. The van der Waals surface area contributed by atoms with E-state index in [-0.39, 0.29) is 0 Å². The maximum Gasteiger partial charge on any atom is 0.0641 e. The molecule has 30 heavy (non-hydrogen) atoms. The molecule has 0 radical (unpaired) electrons. The molecule has 6 rings (SSSR count). The Morgan fingerprint density at radius 2 is 1.37 bits per heavy atom. The van der Waals surface area contributed by atoms with E-state index < -0.39 is 0 Å². The van der Waals surface area contributed by atoms with Gasteiger partial charge in [0.25, 0.3) is 0 Å². The Labute approximate surface area is 176 Å². The fourth-order valence-corrected chi connectivity index (χ4v) is 5.31. The Morgan fingerprint density at radius 1 is 0.600 bits per heavy atom. The standard InChI is InChI=1S/C28H24N2/c1-17-15-19(3)27-22(16-17)20-13-14-25-26(21-10-6-8-12-24(21)29(25)4)28(20)30(27)23-11-7-5-9-18(23)2/h5-16H,1-4H3. The first-order valence-corrected chi connectivity index (χ1v) is 10.5. The molecule has 0 bridgehead atoms. The van der Waals surface area contributed by atoms with E-state index in [0.29, 0.717) is 0 Å². The quantitative estimate of drug-likeness (QED) is 0.279. The molecule has 2 nitrogen and oxygen atoms in total. The normalized spacial score (nSPS) is 12.0. The first-order valence-electron chi connectivity index (χ1n) is 10.5. The molecule has 0 amide bonds. The summed E-state index contributed by atoms with van der Waals surface area (Å²) in [7, 11) is 2.17. The van der Waals surface area contributed by atoms with Crippen LogP contribution in [0, 0.1) is 20.8 Å². The molecule has 0 aliphatic heterocycles. The lowest BCUT2D eigenvalue weighted by Gasteiger charge is -2.13. The van der Waals surface area contributed by atoms with E-state index in [9.17, 15) is 0 Å². The van der Waals surface area contributed by atoms with Gasteiger partial charge < -0.3 is 9.13 Å². The third-order valence-corrected chi connectivity index (χ3v) is 6.59. The fraction of sp³-hybridized carbons (Fsp3) is 0.143. The van der Waals surface area contributed by atoms with Gasteiger partial charge in [-0.15, -0.1) is 0 Å². The molecule has 0 aliphatic rings. The maximum absolute atomic E-state index is 2.50. The molecule has 0 N–H and O–H groups in total. The molecule has 2 heterocycles. The number of aromatic nitrogens is 2. The van der Waals surface area contributed by atoms with Gasteiger partial charge in [-0.25, -0.2) is 0 Å². The maximum atomic E-state index is 2.50. The van der Waals surface area contributed by atoms with Crippen LogP contribution < -0.4 is 0 Å². The van der Waals surface area contributed by atoms with Crippen LogP contribution >= 0.6 is 0 Å². The summed E-state index contributed by atoms with van der Waals surface area (Å²) >= 11 is 0. The Bertz CT molecular complexity index is 1630. The SMILES string of the molecule is Cc1cc(C)c2c(c1)c1ccc3c(c4ccccc4n3C)c1n2-c1ccccc1C. The van der Waals surface area contributed by atoms with Gasteiger partial charge in [-0.1, -0.05) is 54.1 Å². The molecule has 0 aliphatic carbocycles. The monoisotopic (exact) mass is 388 g/mol. The molecule has 6 aromatic rings. The highest BCUT2D eigenvalue weighted by Gasteiger charge is 2.20. The smallest absolute Gasteiger partial charge is 0.0641 e. The molecule has 0 fully saturated rings. The van der Waals surface area contributed by atoms with Crippen molar-refractivity contribution in [2.45, 2.75) is 20.8 Å². The fourth-order valence-electron chi connectivity index (χ4n) is 5.31. The lowest BCUT2D eigenvalue weighted by Crippen LogP contribution is -1.98. The van der Waals surface area contributed by atoms with Crippen molar-refractivity contribution in [2.75, 3.05) is 0 Å². The van der Waals surface area contributed by atoms with Crippen molar-refractivity contribution in [2.24, 2.45) is 7.05 Å². The van der Waals surface area contributed by atoms with Crippen LogP contribution in [0.3, 0.4) is 0 Å². The molecule has 0 atom stereocenters. The Morgan fingerprint density at radius 3 is 2.20 bits per heavy atom. The first kappa shape index (κ1) is 17.3. The Kier molecular flexibility index (Phi) is 3.47. The second-order valence-corrected chi connectivity index (χ2v) is 8.53. The van der Waals surface area contributed by atoms with Gasteiger partial charge in [0.1, 0.15) is 0 Å². The van der Waals surface area contributed by atoms with Crippen LogP contribution in [0.2, 0.25) is 0 Å². The van der Waals surface area contributed by atoms with Crippen LogP contribution in [0.5, 0.6) is 0 Å². The average molecular weight is 389 g/mol. The average Bonchev–Trinajstić information content (AvgIpc) is 3.22. The van der Waals surface area contributed by atoms with Gasteiger partial charge in [0.15, 0.2) is 0 Å². The zero-order valence-electron chi connectivity index (χ0n) is 17.8. The van der Waals surface area contributed by atoms with Crippen molar-refractivity contribution in [3.63, 3.8) is 0 Å². The van der Waals surface area contributed by atoms with E-state index >= 15 is 0 Å².